The Bertz CT molecular complexity index is 347. The average molecular weight is 209 g/mol. The van der Waals surface area contributed by atoms with E-state index >= 15 is 0 Å². The monoisotopic (exact) mass is 209 g/mol. The zero-order valence-corrected chi connectivity index (χ0v) is 9.38. The molecule has 0 saturated heterocycles. The third-order valence-corrected chi connectivity index (χ3v) is 2.44. The molecule has 76 valence electrons. The molecule has 0 fully saturated rings. The van der Waals surface area contributed by atoms with Crippen LogP contribution >= 0.6 is 12.6 Å². The van der Waals surface area contributed by atoms with E-state index in [1.54, 1.807) is 0 Å². The van der Waals surface area contributed by atoms with Crippen molar-refractivity contribution in [3.05, 3.63) is 29.3 Å². The maximum atomic E-state index is 8.86. The highest BCUT2D eigenvalue weighted by Gasteiger charge is 2.06. The summed E-state index contributed by atoms with van der Waals surface area (Å²) in [6, 6.07) is 5.91. The van der Waals surface area contributed by atoms with Crippen molar-refractivity contribution in [1.82, 2.24) is 0 Å². The summed E-state index contributed by atoms with van der Waals surface area (Å²) < 4.78 is 0. The van der Waals surface area contributed by atoms with Gasteiger partial charge in [0.15, 0.2) is 0 Å². The highest BCUT2D eigenvalue weighted by atomic mass is 32.1. The summed E-state index contributed by atoms with van der Waals surface area (Å²) >= 11 is 4.36. The van der Waals surface area contributed by atoms with Crippen LogP contribution in [0.5, 0.6) is 0 Å². The molecule has 0 aromatic heterocycles. The molecule has 0 heterocycles. The maximum absolute atomic E-state index is 8.86. The van der Waals surface area contributed by atoms with Gasteiger partial charge >= 0.3 is 0 Å². The molecule has 0 unspecified atom stereocenters. The first-order valence-corrected chi connectivity index (χ1v) is 5.14. The third-order valence-electron chi connectivity index (χ3n) is 2.07. The molecule has 0 aliphatic rings. The Morgan fingerprint density at radius 3 is 2.71 bits per heavy atom. The van der Waals surface area contributed by atoms with Gasteiger partial charge in [-0.15, -0.1) is 12.6 Å². The lowest BCUT2D eigenvalue weighted by Gasteiger charge is -2.06. The van der Waals surface area contributed by atoms with E-state index in [0.29, 0.717) is 5.71 Å². The van der Waals surface area contributed by atoms with Crippen LogP contribution in [-0.2, 0) is 0 Å². The number of benzene rings is 1. The molecule has 0 spiro atoms. The van der Waals surface area contributed by atoms with Crippen LogP contribution < -0.4 is 0 Å². The number of hydrogen-bond acceptors (Lipinski definition) is 3. The van der Waals surface area contributed by atoms with E-state index in [1.165, 1.54) is 0 Å². The van der Waals surface area contributed by atoms with Crippen molar-refractivity contribution in [2.45, 2.75) is 31.6 Å². The van der Waals surface area contributed by atoms with Gasteiger partial charge < -0.3 is 5.21 Å². The zero-order chi connectivity index (χ0) is 10.6. The summed E-state index contributed by atoms with van der Waals surface area (Å²) in [5, 5.41) is 12.2. The van der Waals surface area contributed by atoms with Crippen LogP contribution in [0.1, 0.15) is 30.9 Å². The minimum absolute atomic E-state index is 0.706. The largest absolute Gasteiger partial charge is 0.411 e. The van der Waals surface area contributed by atoms with E-state index in [-0.39, 0.29) is 0 Å². The van der Waals surface area contributed by atoms with E-state index in [2.05, 4.69) is 24.7 Å². The molecular formula is C11H15NOS. The van der Waals surface area contributed by atoms with Crippen LogP contribution in [0.4, 0.5) is 0 Å². The first-order chi connectivity index (χ1) is 6.69. The Labute approximate surface area is 90.1 Å². The molecule has 0 radical (unpaired) electrons. The number of thiol groups is 1. The van der Waals surface area contributed by atoms with Crippen LogP contribution in [0.3, 0.4) is 0 Å². The maximum Gasteiger partial charge on any atom is 0.0878 e. The Morgan fingerprint density at radius 2 is 2.21 bits per heavy atom. The molecule has 3 heteroatoms. The van der Waals surface area contributed by atoms with Crippen molar-refractivity contribution in [3.8, 4) is 0 Å². The first kappa shape index (κ1) is 11.1. The fraction of sp³-hybridized carbons (Fsp3) is 0.364. The second-order valence-corrected chi connectivity index (χ2v) is 3.80. The summed E-state index contributed by atoms with van der Waals surface area (Å²) in [7, 11) is 0. The van der Waals surface area contributed by atoms with Crippen molar-refractivity contribution >= 4 is 18.3 Å². The van der Waals surface area contributed by atoms with Crippen LogP contribution in [0.25, 0.3) is 0 Å². The Kier molecular flexibility index (Phi) is 4.01. The lowest BCUT2D eigenvalue weighted by Crippen LogP contribution is -2.01. The number of hydrogen-bond donors (Lipinski definition) is 2. The van der Waals surface area contributed by atoms with Gasteiger partial charge in [-0.05, 0) is 25.0 Å². The predicted molar refractivity (Wildman–Crippen MR) is 61.7 cm³/mol. The minimum atomic E-state index is 0.706. The van der Waals surface area contributed by atoms with E-state index < -0.39 is 0 Å². The van der Waals surface area contributed by atoms with Gasteiger partial charge in [-0.1, -0.05) is 30.6 Å². The fourth-order valence-electron chi connectivity index (χ4n) is 1.36. The van der Waals surface area contributed by atoms with Gasteiger partial charge in [0, 0.05) is 10.5 Å². The topological polar surface area (TPSA) is 32.6 Å². The predicted octanol–water partition coefficient (Wildman–Crippen LogP) is 3.26. The summed E-state index contributed by atoms with van der Waals surface area (Å²) in [5.41, 5.74) is 2.79. The van der Waals surface area contributed by atoms with Gasteiger partial charge in [0.05, 0.1) is 5.71 Å². The van der Waals surface area contributed by atoms with Gasteiger partial charge in [0.1, 0.15) is 0 Å². The smallest absolute Gasteiger partial charge is 0.0878 e. The quantitative estimate of drug-likeness (QED) is 0.340. The number of oxime groups is 1. The van der Waals surface area contributed by atoms with E-state index in [9.17, 15) is 0 Å². The second-order valence-electron chi connectivity index (χ2n) is 3.32. The molecule has 1 aromatic rings. The molecule has 1 aromatic carbocycles. The second kappa shape index (κ2) is 5.05. The van der Waals surface area contributed by atoms with Crippen molar-refractivity contribution in [3.63, 3.8) is 0 Å². The highest BCUT2D eigenvalue weighted by Crippen LogP contribution is 2.18. The zero-order valence-electron chi connectivity index (χ0n) is 8.49. The van der Waals surface area contributed by atoms with Gasteiger partial charge in [0.25, 0.3) is 0 Å². The SMILES string of the molecule is CCCC(=NO)c1ccc(C)cc1S. The molecule has 2 nitrogen and oxygen atoms in total. The minimum Gasteiger partial charge on any atom is -0.411 e. The van der Waals surface area contributed by atoms with Crippen LogP contribution in [0.15, 0.2) is 28.3 Å². The van der Waals surface area contributed by atoms with Crippen molar-refractivity contribution < 1.29 is 5.21 Å². The van der Waals surface area contributed by atoms with Crippen LogP contribution in [0.2, 0.25) is 0 Å². The van der Waals surface area contributed by atoms with Crippen molar-refractivity contribution in [2.24, 2.45) is 5.16 Å². The lowest BCUT2D eigenvalue weighted by atomic mass is 10.0. The van der Waals surface area contributed by atoms with Gasteiger partial charge in [-0.25, -0.2) is 0 Å². The Balaban J connectivity index is 3.05. The van der Waals surface area contributed by atoms with Gasteiger partial charge in [0.2, 0.25) is 0 Å². The number of aryl methyl sites for hydroxylation is 1. The van der Waals surface area contributed by atoms with Crippen molar-refractivity contribution in [2.75, 3.05) is 0 Å². The number of rotatable bonds is 3. The standard InChI is InChI=1S/C11H15NOS/c1-3-4-10(12-13)9-6-5-8(2)7-11(9)14/h5-7,13-14H,3-4H2,1-2H3. The number of nitrogens with zero attached hydrogens (tertiary/aromatic N) is 1. The third kappa shape index (κ3) is 2.51. The lowest BCUT2D eigenvalue weighted by molar-refractivity contribution is 0.318. The molecule has 0 atom stereocenters. The molecule has 0 aliphatic heterocycles. The first-order valence-electron chi connectivity index (χ1n) is 4.70. The normalized spacial score (nSPS) is 11.8. The van der Waals surface area contributed by atoms with Gasteiger partial charge in [-0.3, -0.25) is 0 Å². The Morgan fingerprint density at radius 1 is 1.50 bits per heavy atom. The van der Waals surface area contributed by atoms with E-state index in [1.807, 2.05) is 25.1 Å². The summed E-state index contributed by atoms with van der Waals surface area (Å²) in [6.07, 6.45) is 1.73. The summed E-state index contributed by atoms with van der Waals surface area (Å²) in [6.45, 7) is 4.07. The molecule has 14 heavy (non-hydrogen) atoms. The van der Waals surface area contributed by atoms with Crippen molar-refractivity contribution in [1.29, 1.82) is 0 Å². The molecule has 0 saturated carbocycles. The van der Waals surface area contributed by atoms with Crippen LogP contribution in [0, 0.1) is 6.92 Å². The van der Waals surface area contributed by atoms with E-state index in [4.69, 9.17) is 5.21 Å². The molecule has 1 N–H and O–H groups in total. The molecule has 0 aliphatic carbocycles. The molecule has 0 amide bonds. The highest BCUT2D eigenvalue weighted by molar-refractivity contribution is 7.80. The Hall–Kier alpha value is -0.960. The average Bonchev–Trinajstić information content (AvgIpc) is 2.15. The van der Waals surface area contributed by atoms with Gasteiger partial charge in [-0.2, -0.15) is 0 Å². The molecular weight excluding hydrogens is 194 g/mol. The summed E-state index contributed by atoms with van der Waals surface area (Å²) in [4.78, 5) is 0.867. The fourth-order valence-corrected chi connectivity index (χ4v) is 1.77. The summed E-state index contributed by atoms with van der Waals surface area (Å²) in [5.74, 6) is 0. The van der Waals surface area contributed by atoms with Crippen LogP contribution in [-0.4, -0.2) is 10.9 Å². The molecule has 1 rings (SSSR count). The molecule has 0 bridgehead atoms. The van der Waals surface area contributed by atoms with E-state index in [0.717, 1.165) is 28.9 Å².